The molecule has 1 fully saturated rings. The van der Waals surface area contributed by atoms with Crippen molar-refractivity contribution in [1.82, 2.24) is 4.90 Å². The summed E-state index contributed by atoms with van der Waals surface area (Å²) in [5.74, 6) is -7.89. The van der Waals surface area contributed by atoms with E-state index in [9.17, 15) is 39.6 Å². The molecule has 192 valence electrons. The number of nitrogens with two attached hydrogens (primary N) is 2. The molecule has 0 saturated heterocycles. The molecule has 0 bridgehead atoms. The van der Waals surface area contributed by atoms with Crippen molar-refractivity contribution in [3.63, 3.8) is 0 Å². The summed E-state index contributed by atoms with van der Waals surface area (Å²) in [6.07, 6.45) is 0.0855. The zero-order valence-corrected chi connectivity index (χ0v) is 20.0. The van der Waals surface area contributed by atoms with Gasteiger partial charge < -0.3 is 36.8 Å². The summed E-state index contributed by atoms with van der Waals surface area (Å²) in [7, 11) is 3.17. The lowest BCUT2D eigenvalue weighted by Gasteiger charge is -2.48. The van der Waals surface area contributed by atoms with E-state index in [0.29, 0.717) is 16.5 Å². The van der Waals surface area contributed by atoms with Gasteiger partial charge in [-0.15, -0.1) is 0 Å². The predicted octanol–water partition coefficient (Wildman–Crippen LogP) is 0.216. The number of fused-ring (bicyclic) bond motifs is 4. The van der Waals surface area contributed by atoms with Gasteiger partial charge in [0.1, 0.15) is 22.8 Å². The minimum atomic E-state index is -2.76. The summed E-state index contributed by atoms with van der Waals surface area (Å²) >= 11 is 0. The Kier molecular flexibility index (Phi) is 5.22. The predicted molar refractivity (Wildman–Crippen MR) is 130 cm³/mol. The molecule has 0 spiro atoms. The third-order valence-corrected chi connectivity index (χ3v) is 7.71. The molecule has 37 heavy (non-hydrogen) atoms. The molecule has 1 saturated carbocycles. The summed E-state index contributed by atoms with van der Waals surface area (Å²) in [4.78, 5) is 51.9. The Balaban J connectivity index is 1.72. The van der Waals surface area contributed by atoms with Crippen molar-refractivity contribution in [1.29, 1.82) is 0 Å². The number of hydrogen-bond donors (Lipinski definition) is 6. The first-order valence-electron chi connectivity index (χ1n) is 11.5. The highest BCUT2D eigenvalue weighted by Gasteiger charge is 2.63. The monoisotopic (exact) mass is 507 g/mol. The Labute approximate surface area is 210 Å². The van der Waals surface area contributed by atoms with E-state index < -0.39 is 58.0 Å². The van der Waals surface area contributed by atoms with Gasteiger partial charge in [-0.25, -0.2) is 0 Å². The first-order chi connectivity index (χ1) is 17.3. The molecule has 0 aromatic heterocycles. The van der Waals surface area contributed by atoms with Gasteiger partial charge in [0.25, 0.3) is 11.8 Å². The largest absolute Gasteiger partial charge is 0.508 e. The van der Waals surface area contributed by atoms with Crippen LogP contribution in [0.1, 0.15) is 27.9 Å². The fourth-order valence-corrected chi connectivity index (χ4v) is 5.88. The summed E-state index contributed by atoms with van der Waals surface area (Å²) in [5, 5.41) is 45.3. The van der Waals surface area contributed by atoms with Crippen LogP contribution in [0.5, 0.6) is 5.75 Å². The Morgan fingerprint density at radius 2 is 1.78 bits per heavy atom. The molecule has 3 aliphatic rings. The Morgan fingerprint density at radius 1 is 1.11 bits per heavy atom. The van der Waals surface area contributed by atoms with E-state index in [1.807, 2.05) is 0 Å². The van der Waals surface area contributed by atoms with Crippen LogP contribution in [0.2, 0.25) is 0 Å². The molecule has 2 aromatic carbocycles. The molecule has 5 rings (SSSR count). The van der Waals surface area contributed by atoms with Crippen molar-refractivity contribution in [2.45, 2.75) is 24.5 Å². The number of hydrogen-bond acceptors (Lipinski definition) is 9. The second kappa shape index (κ2) is 7.89. The molecule has 11 heteroatoms. The molecule has 11 nitrogen and oxygen atoms in total. The van der Waals surface area contributed by atoms with Gasteiger partial charge in [0.2, 0.25) is 5.78 Å². The molecule has 0 heterocycles. The number of benzene rings is 2. The zero-order valence-electron chi connectivity index (χ0n) is 20.0. The topological polar surface area (TPSA) is 204 Å². The van der Waals surface area contributed by atoms with E-state index in [-0.39, 0.29) is 41.0 Å². The van der Waals surface area contributed by atoms with E-state index in [0.717, 1.165) is 0 Å². The molecule has 0 unspecified atom stereocenters. The number of phenolic OH excluding ortho intramolecular Hbond substituents is 1. The molecule has 3 aliphatic carbocycles. The highest BCUT2D eigenvalue weighted by atomic mass is 16.3. The van der Waals surface area contributed by atoms with Gasteiger partial charge in [0.15, 0.2) is 11.4 Å². The number of rotatable bonds is 2. The maximum atomic E-state index is 13.6. The van der Waals surface area contributed by atoms with Gasteiger partial charge in [-0.3, -0.25) is 19.2 Å². The molecule has 0 aliphatic heterocycles. The Bertz CT molecular complexity index is 1520. The summed E-state index contributed by atoms with van der Waals surface area (Å²) in [6.45, 7) is 0. The average molecular weight is 507 g/mol. The number of aliphatic hydroxyl groups is 3. The number of carbonyl (C=O) groups excluding carboxylic acids is 4. The van der Waals surface area contributed by atoms with Crippen molar-refractivity contribution in [2.24, 2.45) is 23.3 Å². The molecule has 0 radical (unpaired) electrons. The van der Waals surface area contributed by atoms with E-state index in [4.69, 9.17) is 11.5 Å². The fourth-order valence-electron chi connectivity index (χ4n) is 5.88. The fraction of sp³-hybridized carbons (Fsp3) is 0.308. The lowest BCUT2D eigenvalue weighted by atomic mass is 9.58. The summed E-state index contributed by atoms with van der Waals surface area (Å²) in [5.41, 5.74) is 8.01. The quantitative estimate of drug-likeness (QED) is 0.307. The number of aromatic hydroxyl groups is 1. The van der Waals surface area contributed by atoms with Crippen molar-refractivity contribution in [3.8, 4) is 5.75 Å². The van der Waals surface area contributed by atoms with Gasteiger partial charge in [-0.05, 0) is 41.8 Å². The molecular weight excluding hydrogens is 482 g/mol. The van der Waals surface area contributed by atoms with Crippen molar-refractivity contribution >= 4 is 39.9 Å². The van der Waals surface area contributed by atoms with Crippen LogP contribution in [0.4, 0.5) is 0 Å². The van der Waals surface area contributed by atoms with Crippen LogP contribution in [0.15, 0.2) is 41.2 Å². The molecular formula is C26H25N3O8. The zero-order chi connectivity index (χ0) is 27.1. The first-order valence-corrected chi connectivity index (χ1v) is 11.5. The molecule has 8 N–H and O–H groups in total. The van der Waals surface area contributed by atoms with Crippen LogP contribution in [0.3, 0.4) is 0 Å². The van der Waals surface area contributed by atoms with Crippen LogP contribution < -0.4 is 11.5 Å². The Morgan fingerprint density at radius 3 is 2.41 bits per heavy atom. The summed E-state index contributed by atoms with van der Waals surface area (Å²) in [6, 6.07) is 4.99. The van der Waals surface area contributed by atoms with Gasteiger partial charge in [-0.2, -0.15) is 0 Å². The normalized spacial score (nSPS) is 27.1. The highest BCUT2D eigenvalue weighted by Crippen LogP contribution is 2.52. The number of ketones is 2. The second-order valence-corrected chi connectivity index (χ2v) is 9.97. The minimum Gasteiger partial charge on any atom is -0.508 e. The lowest BCUT2D eigenvalue weighted by Crippen LogP contribution is -2.65. The van der Waals surface area contributed by atoms with E-state index in [2.05, 4.69) is 0 Å². The third kappa shape index (κ3) is 3.14. The third-order valence-electron chi connectivity index (χ3n) is 7.71. The van der Waals surface area contributed by atoms with Gasteiger partial charge in [0, 0.05) is 36.5 Å². The number of aliphatic hydroxyl groups excluding tert-OH is 2. The van der Waals surface area contributed by atoms with Crippen LogP contribution >= 0.6 is 0 Å². The Hall–Kier alpha value is -4.22. The van der Waals surface area contributed by atoms with Gasteiger partial charge >= 0.3 is 0 Å². The van der Waals surface area contributed by atoms with Crippen LogP contribution in [0.25, 0.3) is 16.5 Å². The van der Waals surface area contributed by atoms with Crippen molar-refractivity contribution in [2.75, 3.05) is 14.1 Å². The number of phenols is 1. The van der Waals surface area contributed by atoms with Gasteiger partial charge in [0.05, 0.1) is 11.6 Å². The number of primary amides is 1. The SMILES string of the molecule is CN(C)C(=O)c1ccc2cc3c(c(O)c2c1)C(O)=C1C(=O)[C@]2(O)C(O)=C(C(N)=O)C(=O)[C@@H](N)[C@@H]2C[C@@H]1C3. The lowest BCUT2D eigenvalue weighted by molar-refractivity contribution is -0.149. The van der Waals surface area contributed by atoms with Crippen LogP contribution in [-0.4, -0.2) is 74.4 Å². The van der Waals surface area contributed by atoms with Gasteiger partial charge in [-0.1, -0.05) is 12.1 Å². The number of Topliss-reactive ketones (excluding diaryl/α,β-unsaturated/α-hetero) is 2. The minimum absolute atomic E-state index is 0.0432. The number of nitrogens with zero attached hydrogens (tertiary/aromatic N) is 1. The standard InChI is InChI=1S/C26H25N3O8/c1-29(2)25(36)10-4-3-9-5-11-6-12-8-14-18(27)21(32)17(24(28)35)23(34)26(14,37)22(33)16(12)20(31)15(11)19(30)13(9)7-10/h3-5,7,12,14,18,30-31,34,37H,6,8,27H2,1-2H3,(H2,28,35)/t12-,14-,18-,26-/m0/s1. The smallest absolute Gasteiger partial charge is 0.255 e. The maximum Gasteiger partial charge on any atom is 0.255 e. The van der Waals surface area contributed by atoms with Crippen molar-refractivity contribution < 1.29 is 39.6 Å². The number of carbonyl (C=O) groups is 4. The van der Waals surface area contributed by atoms with E-state index in [1.165, 1.54) is 11.0 Å². The van der Waals surface area contributed by atoms with E-state index in [1.54, 1.807) is 32.3 Å². The van der Waals surface area contributed by atoms with Crippen LogP contribution in [-0.2, 0) is 20.8 Å². The molecule has 2 aromatic rings. The maximum absolute atomic E-state index is 13.6. The first kappa shape index (κ1) is 24.5. The van der Waals surface area contributed by atoms with E-state index >= 15 is 0 Å². The molecule has 4 atom stereocenters. The van der Waals surface area contributed by atoms with Crippen LogP contribution in [0, 0.1) is 11.8 Å². The number of amides is 2. The average Bonchev–Trinajstić information content (AvgIpc) is 2.83. The second-order valence-electron chi connectivity index (χ2n) is 9.97. The highest BCUT2D eigenvalue weighted by molar-refractivity contribution is 6.24. The summed E-state index contributed by atoms with van der Waals surface area (Å²) < 4.78 is 0. The molecule has 2 amide bonds. The van der Waals surface area contributed by atoms with Crippen molar-refractivity contribution in [3.05, 3.63) is 57.9 Å².